The number of ether oxygens (including phenoxy) is 1. The van der Waals surface area contributed by atoms with Crippen molar-refractivity contribution in [3.63, 3.8) is 0 Å². The fourth-order valence-electron chi connectivity index (χ4n) is 2.75. The van der Waals surface area contributed by atoms with E-state index in [4.69, 9.17) is 0 Å². The van der Waals surface area contributed by atoms with Crippen LogP contribution in [-0.2, 0) is 0 Å². The van der Waals surface area contributed by atoms with Crippen LogP contribution in [0.4, 0.5) is 23.2 Å². The summed E-state index contributed by atoms with van der Waals surface area (Å²) in [5.74, 6) is -9.34. The predicted octanol–water partition coefficient (Wildman–Crippen LogP) is 3.98. The van der Waals surface area contributed by atoms with Crippen molar-refractivity contribution in [2.75, 3.05) is 12.4 Å². The summed E-state index contributed by atoms with van der Waals surface area (Å²) in [5, 5.41) is 15.0. The highest BCUT2D eigenvalue weighted by Gasteiger charge is 2.30. The van der Waals surface area contributed by atoms with Gasteiger partial charge in [-0.1, -0.05) is 23.5 Å². The molecule has 4 rings (SSSR count). The van der Waals surface area contributed by atoms with Crippen molar-refractivity contribution in [1.29, 1.82) is 0 Å². The summed E-state index contributed by atoms with van der Waals surface area (Å²) in [6, 6.07) is 6.21. The van der Waals surface area contributed by atoms with E-state index >= 15 is 0 Å². The van der Waals surface area contributed by atoms with Crippen molar-refractivity contribution in [2.24, 2.45) is 0 Å². The van der Waals surface area contributed by atoms with Gasteiger partial charge in [0.15, 0.2) is 23.2 Å². The van der Waals surface area contributed by atoms with E-state index in [9.17, 15) is 22.4 Å². The van der Waals surface area contributed by atoms with E-state index in [1.165, 1.54) is 23.5 Å². The summed E-state index contributed by atoms with van der Waals surface area (Å²) in [5.41, 5.74) is -0.683. The van der Waals surface area contributed by atoms with Crippen LogP contribution in [-0.4, -0.2) is 32.8 Å². The van der Waals surface area contributed by atoms with Crippen molar-refractivity contribution < 1.29 is 27.1 Å². The number of methoxy groups -OCH3 is 1. The fraction of sp³-hybridized carbons (Fsp3) is 0.111. The molecule has 0 aliphatic rings. The summed E-state index contributed by atoms with van der Waals surface area (Å²) in [7, 11) is 0.846. The van der Waals surface area contributed by atoms with Crippen LogP contribution < -0.4 is 10.1 Å². The number of anilines is 1. The van der Waals surface area contributed by atoms with Gasteiger partial charge >= 0.3 is 0 Å². The fourth-order valence-corrected chi connectivity index (χ4v) is 3.63. The number of hydrogen-bond acceptors (Lipinski definition) is 6. The molecule has 0 radical (unpaired) electrons. The number of benzene rings is 2. The summed E-state index contributed by atoms with van der Waals surface area (Å²) in [6.07, 6.45) is 0. The Bertz CT molecular complexity index is 1270. The third-order valence-electron chi connectivity index (χ3n) is 4.17. The van der Waals surface area contributed by atoms with Crippen LogP contribution in [0.2, 0.25) is 0 Å². The lowest BCUT2D eigenvalue weighted by molar-refractivity contribution is 0.101. The molecule has 0 aliphatic heterocycles. The first kappa shape index (κ1) is 19.8. The van der Waals surface area contributed by atoms with Crippen molar-refractivity contribution in [1.82, 2.24) is 19.8 Å². The zero-order valence-electron chi connectivity index (χ0n) is 15.3. The number of hydrogen-bond donors (Lipinski definition) is 1. The molecular formula is C18H11F4N5O2S. The number of halogens is 4. The minimum Gasteiger partial charge on any atom is -0.491 e. The Labute approximate surface area is 169 Å². The van der Waals surface area contributed by atoms with E-state index in [2.05, 4.69) is 25.3 Å². The zero-order valence-corrected chi connectivity index (χ0v) is 16.2. The Morgan fingerprint density at radius 2 is 1.80 bits per heavy atom. The molecule has 1 N–H and O–H groups in total. The highest BCUT2D eigenvalue weighted by molar-refractivity contribution is 7.19. The lowest BCUT2D eigenvalue weighted by Gasteiger charge is -2.11. The number of carbonyl (C=O) groups excluding carboxylic acids is 1. The van der Waals surface area contributed by atoms with Crippen LogP contribution in [0.25, 0.3) is 15.5 Å². The van der Waals surface area contributed by atoms with E-state index in [0.29, 0.717) is 21.4 Å². The Hall–Kier alpha value is -3.54. The maximum absolute atomic E-state index is 14.2. The molecule has 0 saturated heterocycles. The van der Waals surface area contributed by atoms with Gasteiger partial charge in [-0.25, -0.2) is 8.78 Å². The SMILES string of the molecule is COc1c(F)c(F)c(C(=O)Nc2cccc(-c3nn4c(C)nnc4s3)c2)c(F)c1F. The first-order valence-corrected chi connectivity index (χ1v) is 9.14. The molecule has 30 heavy (non-hydrogen) atoms. The van der Waals surface area contributed by atoms with Gasteiger partial charge < -0.3 is 10.1 Å². The van der Waals surface area contributed by atoms with Gasteiger partial charge in [-0.05, 0) is 19.1 Å². The Morgan fingerprint density at radius 3 is 2.43 bits per heavy atom. The van der Waals surface area contributed by atoms with Gasteiger partial charge in [0.05, 0.1) is 7.11 Å². The van der Waals surface area contributed by atoms with Gasteiger partial charge in [0, 0.05) is 11.3 Å². The monoisotopic (exact) mass is 437 g/mol. The van der Waals surface area contributed by atoms with Gasteiger partial charge in [-0.15, -0.1) is 10.2 Å². The molecule has 2 aromatic heterocycles. The normalized spacial score (nSPS) is 11.1. The molecule has 0 spiro atoms. The number of carbonyl (C=O) groups is 1. The molecule has 154 valence electrons. The number of rotatable bonds is 4. The van der Waals surface area contributed by atoms with Crippen LogP contribution >= 0.6 is 11.3 Å². The van der Waals surface area contributed by atoms with Crippen LogP contribution in [0.1, 0.15) is 16.2 Å². The molecule has 1 amide bonds. The quantitative estimate of drug-likeness (QED) is 0.386. The zero-order chi connectivity index (χ0) is 21.6. The first-order valence-electron chi connectivity index (χ1n) is 8.32. The van der Waals surface area contributed by atoms with Gasteiger partial charge in [-0.2, -0.15) is 18.4 Å². The number of nitrogens with one attached hydrogen (secondary N) is 1. The van der Waals surface area contributed by atoms with Crippen molar-refractivity contribution in [3.05, 3.63) is 58.9 Å². The van der Waals surface area contributed by atoms with Crippen molar-refractivity contribution >= 4 is 27.9 Å². The number of fused-ring (bicyclic) bond motifs is 1. The van der Waals surface area contributed by atoms with E-state index in [1.807, 2.05) is 0 Å². The Morgan fingerprint density at radius 1 is 1.10 bits per heavy atom. The standard InChI is InChI=1S/C18H11F4N5O2S/c1-7-24-25-18-27(7)26-17(30-18)8-4-3-5-9(6-8)23-16(28)10-11(19)13(21)15(29-2)14(22)12(10)20/h3-6H,1-2H3,(H,23,28). The second-order valence-corrected chi connectivity index (χ2v) is 7.00. The number of amides is 1. The summed E-state index contributed by atoms with van der Waals surface area (Å²) < 4.78 is 61.9. The highest BCUT2D eigenvalue weighted by atomic mass is 32.1. The number of nitrogens with zero attached hydrogens (tertiary/aromatic N) is 4. The maximum Gasteiger partial charge on any atom is 0.261 e. The molecular weight excluding hydrogens is 426 g/mol. The third-order valence-corrected chi connectivity index (χ3v) is 5.12. The first-order chi connectivity index (χ1) is 14.3. The minimum atomic E-state index is -1.86. The minimum absolute atomic E-state index is 0.135. The number of aryl methyl sites for hydroxylation is 1. The van der Waals surface area contributed by atoms with Gasteiger partial charge in [0.2, 0.25) is 16.6 Å². The molecule has 7 nitrogen and oxygen atoms in total. The van der Waals surface area contributed by atoms with Crippen molar-refractivity contribution in [2.45, 2.75) is 6.92 Å². The molecule has 0 atom stereocenters. The predicted molar refractivity (Wildman–Crippen MR) is 99.6 cm³/mol. The summed E-state index contributed by atoms with van der Waals surface area (Å²) in [6.45, 7) is 1.73. The van der Waals surface area contributed by atoms with Gasteiger partial charge in [-0.3, -0.25) is 4.79 Å². The topological polar surface area (TPSA) is 81.4 Å². The van der Waals surface area contributed by atoms with E-state index in [1.54, 1.807) is 23.6 Å². The largest absolute Gasteiger partial charge is 0.491 e. The lowest BCUT2D eigenvalue weighted by atomic mass is 10.1. The average Bonchev–Trinajstić information content (AvgIpc) is 3.29. The van der Waals surface area contributed by atoms with Gasteiger partial charge in [0.1, 0.15) is 10.6 Å². The van der Waals surface area contributed by atoms with Gasteiger partial charge in [0.25, 0.3) is 5.91 Å². The van der Waals surface area contributed by atoms with Crippen molar-refractivity contribution in [3.8, 4) is 16.3 Å². The highest BCUT2D eigenvalue weighted by Crippen LogP contribution is 2.31. The third kappa shape index (κ3) is 3.14. The van der Waals surface area contributed by atoms with E-state index < -0.39 is 40.5 Å². The molecule has 0 fully saturated rings. The van der Waals surface area contributed by atoms with E-state index in [-0.39, 0.29) is 5.69 Å². The molecule has 2 heterocycles. The molecule has 0 aliphatic carbocycles. The summed E-state index contributed by atoms with van der Waals surface area (Å²) in [4.78, 5) is 12.9. The van der Waals surface area contributed by atoms with E-state index in [0.717, 1.165) is 7.11 Å². The smallest absolute Gasteiger partial charge is 0.261 e. The van der Waals surface area contributed by atoms with Crippen LogP contribution in [0, 0.1) is 30.2 Å². The molecule has 0 bridgehead atoms. The Balaban J connectivity index is 1.67. The van der Waals surface area contributed by atoms with Crippen LogP contribution in [0.3, 0.4) is 0 Å². The molecule has 0 unspecified atom stereocenters. The molecule has 4 aromatic rings. The average molecular weight is 437 g/mol. The molecule has 0 saturated carbocycles. The lowest BCUT2D eigenvalue weighted by Crippen LogP contribution is -2.18. The second-order valence-electron chi connectivity index (χ2n) is 6.05. The maximum atomic E-state index is 14.2. The Kier molecular flexibility index (Phi) is 4.86. The summed E-state index contributed by atoms with van der Waals surface area (Å²) >= 11 is 1.24. The van der Waals surface area contributed by atoms with Crippen LogP contribution in [0.15, 0.2) is 24.3 Å². The molecule has 12 heteroatoms. The second kappa shape index (κ2) is 7.37. The number of aromatic nitrogens is 4. The molecule has 2 aromatic carbocycles. The van der Waals surface area contributed by atoms with Crippen LogP contribution in [0.5, 0.6) is 5.75 Å².